The third kappa shape index (κ3) is 18.5. The summed E-state index contributed by atoms with van der Waals surface area (Å²) in [6.07, 6.45) is -9.88. The van der Waals surface area contributed by atoms with Gasteiger partial charge in [0.2, 0.25) is 12.6 Å². The maximum atomic E-state index is 12.3. The molecule has 4 fully saturated rings. The summed E-state index contributed by atoms with van der Waals surface area (Å²) in [6.45, 7) is 14.2. The largest absolute Gasteiger partial charge is 0.497 e. The van der Waals surface area contributed by atoms with Gasteiger partial charge in [0, 0.05) is 26.2 Å². The van der Waals surface area contributed by atoms with Crippen LogP contribution in [0.3, 0.4) is 0 Å². The fraction of sp³-hybridized carbons (Fsp3) is 0.684. The third-order valence-electron chi connectivity index (χ3n) is 9.61. The summed E-state index contributed by atoms with van der Waals surface area (Å²) < 4.78 is 75.4. The molecule has 9 atom stereocenters. The quantitative estimate of drug-likeness (QED) is 0.107. The lowest BCUT2D eigenvalue weighted by Crippen LogP contribution is -2.37. The molecule has 0 bridgehead atoms. The number of rotatable bonds is 16. The second-order valence-corrected chi connectivity index (χ2v) is 16.8. The van der Waals surface area contributed by atoms with E-state index in [9.17, 15) is 34.4 Å². The van der Waals surface area contributed by atoms with Crippen molar-refractivity contribution in [2.24, 2.45) is 0 Å². The van der Waals surface area contributed by atoms with Gasteiger partial charge in [-0.05, 0) is 68.2 Å². The number of morpholine rings is 2. The lowest BCUT2D eigenvalue weighted by atomic mass is 10.1. The van der Waals surface area contributed by atoms with Gasteiger partial charge in [-0.25, -0.2) is 13.8 Å². The Morgan fingerprint density at radius 1 is 0.629 bits per heavy atom. The summed E-state index contributed by atoms with van der Waals surface area (Å²) in [5.74, 6) is 2.04. The number of hydrogen-bond donors (Lipinski definition) is 8. The van der Waals surface area contributed by atoms with Crippen LogP contribution in [0.25, 0.3) is 0 Å². The Morgan fingerprint density at radius 3 is 1.34 bits per heavy atom. The first-order valence-electron chi connectivity index (χ1n) is 20.2. The Morgan fingerprint density at radius 2 is 1.02 bits per heavy atom. The molecule has 1 unspecified atom stereocenters. The maximum Gasteiger partial charge on any atom is 0.469 e. The fourth-order valence-electron chi connectivity index (χ4n) is 5.89. The van der Waals surface area contributed by atoms with Crippen molar-refractivity contribution in [2.45, 2.75) is 70.0 Å². The van der Waals surface area contributed by atoms with Gasteiger partial charge in [-0.2, -0.15) is 0 Å². The molecule has 4 heterocycles. The van der Waals surface area contributed by atoms with E-state index in [1.807, 2.05) is 0 Å². The number of ether oxygens (including phenoxy) is 8. The fourth-order valence-corrected chi connectivity index (χ4v) is 7.41. The van der Waals surface area contributed by atoms with E-state index in [1.54, 1.807) is 48.5 Å². The molecule has 6 rings (SSSR count). The summed E-state index contributed by atoms with van der Waals surface area (Å²) >= 11 is 0. The molecule has 2 aromatic carbocycles. The topological polar surface area (TPSA) is 287 Å². The lowest BCUT2D eigenvalue weighted by Gasteiger charge is -2.30. The van der Waals surface area contributed by atoms with Gasteiger partial charge in [0.1, 0.15) is 59.6 Å². The summed E-state index contributed by atoms with van der Waals surface area (Å²) in [5, 5.41) is 43.0. The van der Waals surface area contributed by atoms with E-state index in [1.165, 1.54) is 38.5 Å². The first kappa shape index (κ1) is 53.8. The zero-order valence-corrected chi connectivity index (χ0v) is 37.5. The Kier molecular flexibility index (Phi) is 24.0. The van der Waals surface area contributed by atoms with Crippen LogP contribution in [0, 0.1) is 0 Å². The number of methoxy groups -OCH3 is 2. The van der Waals surface area contributed by atoms with Crippen LogP contribution in [0.5, 0.6) is 23.0 Å². The number of phosphoric ester groups is 1. The summed E-state index contributed by atoms with van der Waals surface area (Å²) in [6, 6.07) is 13.1. The second-order valence-electron chi connectivity index (χ2n) is 13.8. The molecular formula is C38H65N3O19P2. The number of nitrogens with zero attached hydrogens (tertiary/aromatic N) is 2. The molecule has 0 spiro atoms. The van der Waals surface area contributed by atoms with Gasteiger partial charge in [-0.3, -0.25) is 9.05 Å². The van der Waals surface area contributed by atoms with Crippen molar-refractivity contribution in [3.8, 4) is 23.0 Å². The highest BCUT2D eigenvalue weighted by Crippen LogP contribution is 2.47. The number of hydrogen-bond acceptors (Lipinski definition) is 18. The highest BCUT2D eigenvalue weighted by molar-refractivity contribution is 7.50. The van der Waals surface area contributed by atoms with Crippen molar-refractivity contribution in [1.82, 2.24) is 14.9 Å². The van der Waals surface area contributed by atoms with Crippen molar-refractivity contribution in [1.29, 1.82) is 0 Å². The van der Waals surface area contributed by atoms with Crippen molar-refractivity contribution in [3.63, 3.8) is 0 Å². The average Bonchev–Trinajstić information content (AvgIpc) is 3.71. The standard InChI is InChI=1S/C16H24NO9P.C12H17O9P.C6H15N.C4H9NO/c1-22-11-2-4-12(5-3-11)25-16-15(19)14(18)13(26-16)10-24-27(20,21)17-6-8-23-9-7-17;1-18-7-2-4-8(5-3-7)20-12-11(14)10(13)9(21-12)6-19-22(15,16)17;1-4-7(5-2)6-3;1-3-6-4-2-5-1/h2-5,13-16,18-19H,6-10H2,1H3,(H,20,21);2-5,9-14H,6H2,1H3,(H2,15,16,17);4-6H2,1-3H3;5H,1-4H2/t13-,14-,15-,16-;9-,10-,11-,12-;;/m11../s1. The second kappa shape index (κ2) is 27.7. The average molecular weight is 930 g/mol. The summed E-state index contributed by atoms with van der Waals surface area (Å²) in [7, 11) is -5.67. The van der Waals surface area contributed by atoms with Gasteiger partial charge < -0.3 is 83.2 Å². The molecule has 22 nitrogen and oxygen atoms in total. The SMILES string of the molecule is C1COCCN1.CCN(CC)CC.COc1ccc(O[C@@H]2O[C@H](COP(=O)(O)N3CCOCC3)[C@@H](O)[C@H]2O)cc1.COc1ccc(O[C@@H]2O[C@H](COP(=O)(O)O)[C@@H](O)[C@H]2O)cc1. The van der Waals surface area contributed by atoms with Crippen LogP contribution >= 0.6 is 15.6 Å². The number of aliphatic hydroxyl groups is 4. The molecule has 0 aromatic heterocycles. The van der Waals surface area contributed by atoms with E-state index in [2.05, 4.69) is 35.5 Å². The molecule has 24 heteroatoms. The molecule has 356 valence electrons. The molecule has 4 aliphatic rings. The van der Waals surface area contributed by atoms with Crippen LogP contribution in [0.1, 0.15) is 20.8 Å². The van der Waals surface area contributed by atoms with Crippen LogP contribution in [-0.2, 0) is 37.1 Å². The molecule has 0 aliphatic carbocycles. The molecule has 2 aromatic rings. The van der Waals surface area contributed by atoms with Crippen molar-refractivity contribution in [2.75, 3.05) is 99.7 Å². The molecule has 0 saturated carbocycles. The number of phosphoric acid groups is 1. The lowest BCUT2D eigenvalue weighted by molar-refractivity contribution is -0.115. The Bertz CT molecular complexity index is 1580. The number of benzene rings is 2. The van der Waals surface area contributed by atoms with E-state index in [0.29, 0.717) is 36.2 Å². The zero-order valence-electron chi connectivity index (χ0n) is 35.7. The van der Waals surface area contributed by atoms with E-state index in [0.717, 1.165) is 26.3 Å². The molecule has 0 radical (unpaired) electrons. The number of aliphatic hydroxyl groups excluding tert-OH is 4. The van der Waals surface area contributed by atoms with Gasteiger partial charge in [0.15, 0.2) is 0 Å². The molecule has 4 aliphatic heterocycles. The summed E-state index contributed by atoms with van der Waals surface area (Å²) in [4.78, 5) is 29.7. The highest BCUT2D eigenvalue weighted by atomic mass is 31.2. The van der Waals surface area contributed by atoms with Gasteiger partial charge in [-0.15, -0.1) is 0 Å². The van der Waals surface area contributed by atoms with Gasteiger partial charge in [0.05, 0.1) is 53.9 Å². The highest BCUT2D eigenvalue weighted by Gasteiger charge is 2.46. The van der Waals surface area contributed by atoms with Crippen LogP contribution in [0.2, 0.25) is 0 Å². The van der Waals surface area contributed by atoms with Gasteiger partial charge in [0.25, 0.3) is 0 Å². The smallest absolute Gasteiger partial charge is 0.469 e. The maximum absolute atomic E-state index is 12.3. The minimum Gasteiger partial charge on any atom is -0.497 e. The Hall–Kier alpha value is -2.54. The van der Waals surface area contributed by atoms with Crippen molar-refractivity contribution >= 4 is 15.6 Å². The minimum atomic E-state index is -4.69. The van der Waals surface area contributed by atoms with E-state index in [-0.39, 0.29) is 19.7 Å². The Labute approximate surface area is 362 Å². The molecule has 0 amide bonds. The van der Waals surface area contributed by atoms with Crippen LogP contribution < -0.4 is 24.3 Å². The van der Waals surface area contributed by atoms with Crippen LogP contribution in [0.4, 0.5) is 0 Å². The Balaban J connectivity index is 0.000000259. The van der Waals surface area contributed by atoms with E-state index >= 15 is 0 Å². The zero-order chi connectivity index (χ0) is 45.7. The third-order valence-corrected chi connectivity index (χ3v) is 11.7. The molecule has 8 N–H and O–H groups in total. The normalized spacial score (nSPS) is 27.3. The minimum absolute atomic E-state index is 0.272. The van der Waals surface area contributed by atoms with Crippen LogP contribution in [0.15, 0.2) is 48.5 Å². The molecular weight excluding hydrogens is 864 g/mol. The van der Waals surface area contributed by atoms with Crippen LogP contribution in [-0.4, -0.2) is 194 Å². The first-order valence-corrected chi connectivity index (χ1v) is 23.3. The van der Waals surface area contributed by atoms with E-state index < -0.39 is 71.4 Å². The van der Waals surface area contributed by atoms with E-state index in [4.69, 9.17) is 52.2 Å². The predicted molar refractivity (Wildman–Crippen MR) is 222 cm³/mol. The molecule has 4 saturated heterocycles. The monoisotopic (exact) mass is 929 g/mol. The molecule has 62 heavy (non-hydrogen) atoms. The predicted octanol–water partition coefficient (Wildman–Crippen LogP) is 0.554. The van der Waals surface area contributed by atoms with Crippen molar-refractivity contribution in [3.05, 3.63) is 48.5 Å². The van der Waals surface area contributed by atoms with Gasteiger partial charge >= 0.3 is 15.6 Å². The van der Waals surface area contributed by atoms with Gasteiger partial charge in [-0.1, -0.05) is 20.8 Å². The first-order chi connectivity index (χ1) is 29.5. The van der Waals surface area contributed by atoms with Crippen molar-refractivity contribution < 1.29 is 91.2 Å². The summed E-state index contributed by atoms with van der Waals surface area (Å²) in [5.41, 5.74) is 0. The number of nitrogens with one attached hydrogen (secondary N) is 1.